The van der Waals surface area contributed by atoms with Crippen LogP contribution in [0.4, 0.5) is 4.39 Å². The van der Waals surface area contributed by atoms with Crippen LogP contribution >= 0.6 is 11.6 Å². The number of β-amino-alcohol motifs (C(OH)–C–C–N with tert-alkyl or cyclic N) is 1. The number of halogens is 2. The van der Waals surface area contributed by atoms with Crippen molar-refractivity contribution < 1.29 is 19.1 Å². The van der Waals surface area contributed by atoms with E-state index in [4.69, 9.17) is 11.6 Å². The van der Waals surface area contributed by atoms with Gasteiger partial charge < -0.3 is 19.8 Å². The molecule has 3 aliphatic rings. The summed E-state index contributed by atoms with van der Waals surface area (Å²) in [6.07, 6.45) is 8.47. The molecule has 1 aromatic rings. The number of aliphatic hydroxyl groups is 1. The smallest absolute Gasteiger partial charge is 0.246 e. The van der Waals surface area contributed by atoms with Crippen LogP contribution in [0.25, 0.3) is 6.08 Å². The number of piperidine rings is 1. The van der Waals surface area contributed by atoms with E-state index in [2.05, 4.69) is 4.90 Å². The Morgan fingerprint density at radius 2 is 1.94 bits per heavy atom. The van der Waals surface area contributed by atoms with Crippen molar-refractivity contribution in [3.05, 3.63) is 40.7 Å². The number of unbranched alkanes of at least 4 members (excludes halogenated alkanes) is 1. The van der Waals surface area contributed by atoms with Gasteiger partial charge in [-0.05, 0) is 74.4 Å². The molecule has 1 aliphatic carbocycles. The number of amides is 2. The van der Waals surface area contributed by atoms with Crippen LogP contribution in [0.5, 0.6) is 0 Å². The van der Waals surface area contributed by atoms with Crippen molar-refractivity contribution in [1.82, 2.24) is 14.7 Å². The molecule has 180 valence electrons. The first-order valence-corrected chi connectivity index (χ1v) is 12.3. The summed E-state index contributed by atoms with van der Waals surface area (Å²) in [6, 6.07) is 4.40. The van der Waals surface area contributed by atoms with Crippen molar-refractivity contribution in [2.45, 2.75) is 44.6 Å². The van der Waals surface area contributed by atoms with E-state index in [1.54, 1.807) is 17.0 Å². The highest BCUT2D eigenvalue weighted by Crippen LogP contribution is 2.53. The maximum Gasteiger partial charge on any atom is 0.246 e. The third-order valence-corrected chi connectivity index (χ3v) is 7.68. The lowest BCUT2D eigenvalue weighted by Gasteiger charge is -2.36. The summed E-state index contributed by atoms with van der Waals surface area (Å²) in [7, 11) is 0. The Labute approximate surface area is 200 Å². The molecule has 1 N–H and O–H groups in total. The molecule has 0 bridgehead atoms. The Kier molecular flexibility index (Phi) is 7.72. The molecule has 1 spiro atoms. The zero-order chi connectivity index (χ0) is 23.4. The first kappa shape index (κ1) is 24.2. The van der Waals surface area contributed by atoms with Crippen molar-refractivity contribution in [3.63, 3.8) is 0 Å². The fourth-order valence-electron chi connectivity index (χ4n) is 4.87. The van der Waals surface area contributed by atoms with Crippen LogP contribution in [0.15, 0.2) is 24.3 Å². The van der Waals surface area contributed by atoms with E-state index in [-0.39, 0.29) is 28.4 Å². The van der Waals surface area contributed by atoms with Gasteiger partial charge >= 0.3 is 0 Å². The number of nitrogens with zero attached hydrogens (tertiary/aromatic N) is 3. The standard InChI is InChI=1S/C25H33ClFN3O3/c26-20-5-3-19(17-21(20)27)4-6-23(32)30-13-7-24(33)29(15-16-30)12-2-1-11-28-14-10-25(8-9-25)22(31)18-28/h3-6,17,22,31H,1-2,7-16,18H2. The average Bonchev–Trinajstić information content (AvgIpc) is 3.60. The molecule has 33 heavy (non-hydrogen) atoms. The molecule has 6 nitrogen and oxygen atoms in total. The molecule has 2 aliphatic heterocycles. The number of carbonyl (C=O) groups excluding carboxylic acids is 2. The van der Waals surface area contributed by atoms with Gasteiger partial charge in [0.15, 0.2) is 0 Å². The fraction of sp³-hybridized carbons (Fsp3) is 0.600. The van der Waals surface area contributed by atoms with Gasteiger partial charge in [-0.1, -0.05) is 17.7 Å². The summed E-state index contributed by atoms with van der Waals surface area (Å²) in [5.41, 5.74) is 0.796. The van der Waals surface area contributed by atoms with Crippen LogP contribution in [0.3, 0.4) is 0 Å². The van der Waals surface area contributed by atoms with E-state index < -0.39 is 5.82 Å². The molecule has 1 atom stereocenters. The largest absolute Gasteiger partial charge is 0.391 e. The van der Waals surface area contributed by atoms with Crippen molar-refractivity contribution in [3.8, 4) is 0 Å². The second kappa shape index (κ2) is 10.5. The number of likely N-dealkylation sites (tertiary alicyclic amines) is 1. The molecule has 8 heteroatoms. The third kappa shape index (κ3) is 6.14. The van der Waals surface area contributed by atoms with Crippen LogP contribution in [0.2, 0.25) is 5.02 Å². The van der Waals surface area contributed by atoms with Crippen LogP contribution in [-0.2, 0) is 9.59 Å². The van der Waals surface area contributed by atoms with Crippen LogP contribution in [0, 0.1) is 11.2 Å². The van der Waals surface area contributed by atoms with Crippen LogP contribution in [-0.4, -0.2) is 83.5 Å². The highest BCUT2D eigenvalue weighted by molar-refractivity contribution is 6.30. The average molecular weight is 478 g/mol. The topological polar surface area (TPSA) is 64.1 Å². The Morgan fingerprint density at radius 3 is 2.67 bits per heavy atom. The minimum atomic E-state index is -0.523. The SMILES string of the molecule is O=C(C=Cc1ccc(Cl)c(F)c1)N1CCC(=O)N(CCCCN2CCC3(CC3)C(O)C2)CC1. The predicted octanol–water partition coefficient (Wildman–Crippen LogP) is 3.18. The van der Waals surface area contributed by atoms with E-state index in [1.165, 1.54) is 31.1 Å². The molecule has 2 saturated heterocycles. The Balaban J connectivity index is 1.18. The van der Waals surface area contributed by atoms with Gasteiger partial charge in [0.05, 0.1) is 11.1 Å². The molecule has 2 amide bonds. The van der Waals surface area contributed by atoms with Crippen LogP contribution < -0.4 is 0 Å². The molecule has 0 radical (unpaired) electrons. The van der Waals surface area contributed by atoms with Gasteiger partial charge in [0.1, 0.15) is 5.82 Å². The van der Waals surface area contributed by atoms with Gasteiger partial charge in [0, 0.05) is 45.2 Å². The second-order valence-electron chi connectivity index (χ2n) is 9.60. The van der Waals surface area contributed by atoms with E-state index in [0.717, 1.165) is 38.9 Å². The van der Waals surface area contributed by atoms with E-state index in [0.29, 0.717) is 38.2 Å². The van der Waals surface area contributed by atoms with Gasteiger partial charge in [0.2, 0.25) is 11.8 Å². The molecule has 1 saturated carbocycles. The Hall–Kier alpha value is -1.96. The summed E-state index contributed by atoms with van der Waals surface area (Å²) in [6.45, 7) is 4.89. The van der Waals surface area contributed by atoms with Gasteiger partial charge in [-0.3, -0.25) is 9.59 Å². The highest BCUT2D eigenvalue weighted by Gasteiger charge is 2.50. The van der Waals surface area contributed by atoms with Crippen molar-refractivity contribution in [2.75, 3.05) is 45.8 Å². The van der Waals surface area contributed by atoms with E-state index in [9.17, 15) is 19.1 Å². The molecule has 4 rings (SSSR count). The first-order valence-electron chi connectivity index (χ1n) is 12.0. The molecule has 2 heterocycles. The van der Waals surface area contributed by atoms with Gasteiger partial charge in [-0.2, -0.15) is 0 Å². The van der Waals surface area contributed by atoms with Crippen molar-refractivity contribution in [2.24, 2.45) is 5.41 Å². The number of benzene rings is 1. The molecule has 3 fully saturated rings. The number of rotatable bonds is 7. The van der Waals surface area contributed by atoms with E-state index >= 15 is 0 Å². The molecule has 1 unspecified atom stereocenters. The maximum atomic E-state index is 13.6. The minimum absolute atomic E-state index is 0.0461. The highest BCUT2D eigenvalue weighted by atomic mass is 35.5. The first-order chi connectivity index (χ1) is 15.9. The van der Waals surface area contributed by atoms with Gasteiger partial charge in [-0.15, -0.1) is 0 Å². The normalized spacial score (nSPS) is 23.4. The predicted molar refractivity (Wildman–Crippen MR) is 126 cm³/mol. The molecule has 1 aromatic carbocycles. The Bertz CT molecular complexity index is 905. The number of carbonyl (C=O) groups is 2. The monoisotopic (exact) mass is 477 g/mol. The maximum absolute atomic E-state index is 13.6. The van der Waals surface area contributed by atoms with Gasteiger partial charge in [-0.25, -0.2) is 4.39 Å². The summed E-state index contributed by atoms with van der Waals surface area (Å²) in [5.74, 6) is -0.624. The van der Waals surface area contributed by atoms with E-state index in [1.807, 2.05) is 4.90 Å². The lowest BCUT2D eigenvalue weighted by molar-refractivity contribution is -0.130. The third-order valence-electron chi connectivity index (χ3n) is 7.37. The fourth-order valence-corrected chi connectivity index (χ4v) is 4.99. The second-order valence-corrected chi connectivity index (χ2v) is 10.0. The van der Waals surface area contributed by atoms with Crippen LogP contribution in [0.1, 0.15) is 44.1 Å². The molecular formula is C25H33ClFN3O3. The van der Waals surface area contributed by atoms with Crippen molar-refractivity contribution in [1.29, 1.82) is 0 Å². The number of hydrogen-bond acceptors (Lipinski definition) is 4. The summed E-state index contributed by atoms with van der Waals surface area (Å²) < 4.78 is 13.6. The number of hydrogen-bond donors (Lipinski definition) is 1. The summed E-state index contributed by atoms with van der Waals surface area (Å²) >= 11 is 5.69. The summed E-state index contributed by atoms with van der Waals surface area (Å²) in [4.78, 5) is 31.0. The Morgan fingerprint density at radius 1 is 1.15 bits per heavy atom. The number of aliphatic hydroxyl groups excluding tert-OH is 1. The lowest BCUT2D eigenvalue weighted by atomic mass is 9.90. The van der Waals surface area contributed by atoms with Gasteiger partial charge in [0.25, 0.3) is 0 Å². The van der Waals surface area contributed by atoms with Crippen molar-refractivity contribution >= 4 is 29.5 Å². The zero-order valence-corrected chi connectivity index (χ0v) is 19.8. The minimum Gasteiger partial charge on any atom is -0.391 e. The summed E-state index contributed by atoms with van der Waals surface area (Å²) in [5, 5.41) is 10.4. The molecular weight excluding hydrogens is 445 g/mol. The quantitative estimate of drug-likeness (QED) is 0.484. The lowest BCUT2D eigenvalue weighted by Crippen LogP contribution is -2.45. The molecule has 0 aromatic heterocycles. The zero-order valence-electron chi connectivity index (χ0n) is 19.0.